The van der Waals surface area contributed by atoms with Gasteiger partial charge in [0.15, 0.2) is 0 Å². The summed E-state index contributed by atoms with van der Waals surface area (Å²) in [6.45, 7) is 11.4. The molecule has 3 N–H and O–H groups in total. The Kier molecular flexibility index (Phi) is 11.2. The van der Waals surface area contributed by atoms with Crippen LogP contribution in [0, 0.1) is 39.1 Å². The van der Waals surface area contributed by atoms with Gasteiger partial charge in [0.25, 0.3) is 0 Å². The molecule has 204 valence electrons. The Morgan fingerprint density at radius 3 is 1.86 bits per heavy atom. The zero-order valence-electron chi connectivity index (χ0n) is 20.3. The first-order chi connectivity index (χ1) is 16.2. The topological polar surface area (TPSA) is 149 Å². The van der Waals surface area contributed by atoms with Gasteiger partial charge in [-0.25, -0.2) is 0 Å². The summed E-state index contributed by atoms with van der Waals surface area (Å²) in [7, 11) is 0. The molecule has 1 unspecified atom stereocenters. The summed E-state index contributed by atoms with van der Waals surface area (Å²) in [5, 5.41) is 17.0. The summed E-state index contributed by atoms with van der Waals surface area (Å²) >= 11 is -4.57. The average molecular weight is 624 g/mol. The molecular weight excluding hydrogens is 587 g/mol. The number of aliphatic carboxylic acids is 1. The van der Waals surface area contributed by atoms with Crippen molar-refractivity contribution in [3.05, 3.63) is 32.9 Å². The summed E-state index contributed by atoms with van der Waals surface area (Å²) in [6, 6.07) is 4.74. The van der Waals surface area contributed by atoms with Crippen molar-refractivity contribution in [2.45, 2.75) is 35.1 Å². The number of hydrogen-bond donors (Lipinski definition) is 3. The number of halogens is 1. The fraction of sp³-hybridized carbons (Fsp3) is 0.600. The predicted octanol–water partition coefficient (Wildman–Crippen LogP) is 2.96. The first-order valence-electron chi connectivity index (χ1n) is 10.8. The van der Waals surface area contributed by atoms with Crippen LogP contribution in [-0.2, 0) is 25.1 Å². The molecule has 4 aliphatic heterocycles. The van der Waals surface area contributed by atoms with Crippen LogP contribution in [0.25, 0.3) is 0 Å². The van der Waals surface area contributed by atoms with E-state index in [4.69, 9.17) is 30.8 Å². The molecule has 0 spiro atoms. The fourth-order valence-corrected chi connectivity index (χ4v) is 5.51. The molecule has 11 heteroatoms. The van der Waals surface area contributed by atoms with Gasteiger partial charge in [-0.2, -0.15) is 0 Å². The Labute approximate surface area is 217 Å². The van der Waals surface area contributed by atoms with Gasteiger partial charge in [0.2, 0.25) is 0 Å². The van der Waals surface area contributed by atoms with Gasteiger partial charge in [0, 0.05) is 5.41 Å². The molecule has 3 saturated heterocycles. The van der Waals surface area contributed by atoms with Crippen molar-refractivity contribution < 1.29 is 43.6 Å². The number of aryl methyl sites for hydroxylation is 1. The number of fused-ring (bicyclic) bond motifs is 1. The third-order valence-electron chi connectivity index (χ3n) is 5.60. The zero-order valence-corrected chi connectivity index (χ0v) is 22.5. The van der Waals surface area contributed by atoms with Crippen molar-refractivity contribution in [3.63, 3.8) is 0 Å². The van der Waals surface area contributed by atoms with Crippen molar-refractivity contribution in [2.24, 2.45) is 16.2 Å². The number of carbonyl (C=O) groups excluding carboxylic acids is 1. The van der Waals surface area contributed by atoms with Crippen LogP contribution in [0.2, 0.25) is 0 Å². The molecule has 10 nitrogen and oxygen atoms in total. The third kappa shape index (κ3) is 8.03. The maximum atomic E-state index is 11.3. The van der Waals surface area contributed by atoms with Crippen molar-refractivity contribution in [3.8, 4) is 12.3 Å². The van der Waals surface area contributed by atoms with Gasteiger partial charge in [-0.05, 0) is 13.8 Å². The number of aliphatic hydroxyl groups excluding tert-OH is 1. The molecule has 0 amide bonds. The second-order valence-electron chi connectivity index (χ2n) is 9.81. The normalized spacial score (nSPS) is 26.4. The Bertz CT molecular complexity index is 1010. The molecule has 0 radical (unpaired) electrons. The Hall–Kier alpha value is -1.95. The quantitative estimate of drug-likeness (QED) is 0.331. The fourth-order valence-electron chi connectivity index (χ4n) is 2.75. The molecule has 4 aliphatic rings. The van der Waals surface area contributed by atoms with E-state index in [1.165, 1.54) is 6.07 Å². The van der Waals surface area contributed by atoms with Crippen LogP contribution in [0.15, 0.2) is 18.2 Å². The van der Waals surface area contributed by atoms with E-state index in [0.29, 0.717) is 13.2 Å². The van der Waals surface area contributed by atoms with Gasteiger partial charge in [0.1, 0.15) is 5.41 Å². The molecular formula is C25H37IO10. The molecule has 5 rings (SSSR count). The molecule has 0 aliphatic carbocycles. The first-order valence-corrected chi connectivity index (χ1v) is 14.6. The number of aliphatic hydroxyl groups is 1. The number of terminal acetylenes is 1. The third-order valence-corrected chi connectivity index (χ3v) is 9.01. The van der Waals surface area contributed by atoms with E-state index in [9.17, 15) is 16.1 Å². The van der Waals surface area contributed by atoms with Crippen LogP contribution in [0.5, 0.6) is 0 Å². The molecule has 4 heterocycles. The Morgan fingerprint density at radius 1 is 1.08 bits per heavy atom. The Morgan fingerprint density at radius 2 is 1.61 bits per heavy atom. The molecule has 3 fully saturated rings. The molecule has 1 aromatic rings. The van der Waals surface area contributed by atoms with Gasteiger partial charge in [-0.3, -0.25) is 4.79 Å². The SMILES string of the molecule is C.C#CC1(C)COC1.CC1(C(=O)O)COC1.CC1(CO)COC1.Cc1ccc2c(c1)C(=O)OI2(=O)O. The molecule has 1 atom stereocenters. The van der Waals surface area contributed by atoms with Crippen LogP contribution in [0.1, 0.15) is 44.1 Å². The summed E-state index contributed by atoms with van der Waals surface area (Å²) in [5.74, 6) is 1.20. The molecule has 0 bridgehead atoms. The average Bonchev–Trinajstić information content (AvgIpc) is 2.97. The molecule has 0 aromatic heterocycles. The number of hydrogen-bond acceptors (Lipinski definition) is 8. The standard InChI is InChI=1S/C8H7IO4.C6H8O.C5H8O3.C5H10O2.CH4/c1-5-2-3-7-6(4-5)8(10)13-9(7,11)12;1-3-6(2)4-7-5-6;1-5(4(6)7)2-8-3-5;1-5(2-6)3-7-4-5;/h2-4H,1H3,(H,11,12);1H,4-5H2,2H3;2-3H2,1H3,(H,6,7);6H,2-4H2,1H3;1H4. The monoisotopic (exact) mass is 624 g/mol. The van der Waals surface area contributed by atoms with Crippen LogP contribution in [0.4, 0.5) is 0 Å². The van der Waals surface area contributed by atoms with Crippen LogP contribution in [-0.4, -0.2) is 71.8 Å². The number of carboxylic acids is 1. The number of ether oxygens (including phenoxy) is 3. The van der Waals surface area contributed by atoms with Crippen molar-refractivity contribution >= 4 is 31.2 Å². The second-order valence-corrected chi connectivity index (χ2v) is 13.9. The predicted molar refractivity (Wildman–Crippen MR) is 139 cm³/mol. The van der Waals surface area contributed by atoms with E-state index >= 15 is 0 Å². The molecule has 0 saturated carbocycles. The van der Waals surface area contributed by atoms with Gasteiger partial charge >= 0.3 is 85.4 Å². The van der Waals surface area contributed by atoms with E-state index in [1.54, 1.807) is 19.1 Å². The summed E-state index contributed by atoms with van der Waals surface area (Å²) in [6.07, 6.45) is 5.14. The summed E-state index contributed by atoms with van der Waals surface area (Å²) in [4.78, 5) is 21.3. The van der Waals surface area contributed by atoms with E-state index in [1.807, 2.05) is 20.8 Å². The van der Waals surface area contributed by atoms with Crippen molar-refractivity contribution in [1.82, 2.24) is 0 Å². The van der Waals surface area contributed by atoms with E-state index < -0.39 is 36.6 Å². The minimum absolute atomic E-state index is 0. The molecule has 1 aromatic carbocycles. The number of carboxylic acid groups (broad SMARTS) is 1. The Balaban J connectivity index is 0.000000248. The van der Waals surface area contributed by atoms with E-state index in [-0.39, 0.29) is 34.0 Å². The summed E-state index contributed by atoms with van der Waals surface area (Å²) in [5.41, 5.74) is 0.684. The van der Waals surface area contributed by atoms with Crippen molar-refractivity contribution in [1.29, 1.82) is 0 Å². The van der Waals surface area contributed by atoms with Gasteiger partial charge in [-0.15, -0.1) is 6.42 Å². The number of benzene rings is 1. The van der Waals surface area contributed by atoms with E-state index in [0.717, 1.165) is 32.0 Å². The van der Waals surface area contributed by atoms with Gasteiger partial charge < -0.3 is 24.4 Å². The number of carbonyl (C=O) groups is 2. The molecule has 36 heavy (non-hydrogen) atoms. The minimum atomic E-state index is -4.57. The number of rotatable bonds is 2. The van der Waals surface area contributed by atoms with Crippen molar-refractivity contribution in [2.75, 3.05) is 46.2 Å². The van der Waals surface area contributed by atoms with Crippen LogP contribution in [0.3, 0.4) is 0 Å². The first kappa shape index (κ1) is 32.1. The van der Waals surface area contributed by atoms with Gasteiger partial charge in [0.05, 0.1) is 51.7 Å². The van der Waals surface area contributed by atoms with Gasteiger partial charge in [-0.1, -0.05) is 20.3 Å². The second kappa shape index (κ2) is 12.5. The maximum absolute atomic E-state index is 11.3. The van der Waals surface area contributed by atoms with Crippen LogP contribution < -0.4 is 0 Å². The van der Waals surface area contributed by atoms with Crippen LogP contribution >= 0.6 is 19.3 Å². The summed E-state index contributed by atoms with van der Waals surface area (Å²) < 4.78 is 39.7. The zero-order chi connectivity index (χ0) is 26.5. The van der Waals surface area contributed by atoms with E-state index in [2.05, 4.69) is 8.99 Å².